The molecular weight excluding hydrogens is 212 g/mol. The molecular formula is C13H20N4. The van der Waals surface area contributed by atoms with Crippen LogP contribution in [0.3, 0.4) is 0 Å². The maximum atomic E-state index is 5.67. The van der Waals surface area contributed by atoms with Crippen molar-refractivity contribution in [1.29, 1.82) is 0 Å². The molecule has 0 unspecified atom stereocenters. The average Bonchev–Trinajstić information content (AvgIpc) is 2.82. The van der Waals surface area contributed by atoms with E-state index in [2.05, 4.69) is 21.4 Å². The standard InChI is InChI=1S/C13H20N4/c1-2-9-17(11-5-3-4-6-11)10-13-15-8-7-12(14)16-13/h2,7-8,11H,1,3-6,9-10H2,(H2,14,15,16). The van der Waals surface area contributed by atoms with Gasteiger partial charge in [-0.15, -0.1) is 6.58 Å². The molecule has 4 nitrogen and oxygen atoms in total. The van der Waals surface area contributed by atoms with Gasteiger partial charge in [0.25, 0.3) is 0 Å². The Morgan fingerprint density at radius 3 is 2.88 bits per heavy atom. The topological polar surface area (TPSA) is 55.0 Å². The Kier molecular flexibility index (Phi) is 4.09. The minimum absolute atomic E-state index is 0.542. The maximum absolute atomic E-state index is 5.67. The molecule has 1 aromatic rings. The number of aromatic nitrogens is 2. The Morgan fingerprint density at radius 2 is 2.24 bits per heavy atom. The Morgan fingerprint density at radius 1 is 1.47 bits per heavy atom. The number of rotatable bonds is 5. The summed E-state index contributed by atoms with van der Waals surface area (Å²) in [6, 6.07) is 2.37. The van der Waals surface area contributed by atoms with E-state index >= 15 is 0 Å². The highest BCUT2D eigenvalue weighted by molar-refractivity contribution is 5.25. The van der Waals surface area contributed by atoms with Crippen LogP contribution in [0.5, 0.6) is 0 Å². The van der Waals surface area contributed by atoms with Crippen molar-refractivity contribution in [2.75, 3.05) is 12.3 Å². The Bertz CT molecular complexity index is 371. The van der Waals surface area contributed by atoms with Crippen molar-refractivity contribution >= 4 is 5.82 Å². The molecule has 1 aliphatic carbocycles. The molecule has 4 heteroatoms. The van der Waals surface area contributed by atoms with Crippen molar-refractivity contribution in [2.45, 2.75) is 38.3 Å². The van der Waals surface area contributed by atoms with Crippen molar-refractivity contribution in [2.24, 2.45) is 0 Å². The van der Waals surface area contributed by atoms with Gasteiger partial charge in [-0.05, 0) is 18.9 Å². The van der Waals surface area contributed by atoms with Gasteiger partial charge >= 0.3 is 0 Å². The summed E-state index contributed by atoms with van der Waals surface area (Å²) in [5.74, 6) is 1.35. The third kappa shape index (κ3) is 3.27. The van der Waals surface area contributed by atoms with Gasteiger partial charge in [-0.25, -0.2) is 9.97 Å². The minimum atomic E-state index is 0.542. The van der Waals surface area contributed by atoms with Crippen molar-refractivity contribution in [3.63, 3.8) is 0 Å². The van der Waals surface area contributed by atoms with Gasteiger partial charge in [-0.3, -0.25) is 4.90 Å². The molecule has 0 aromatic carbocycles. The molecule has 0 aliphatic heterocycles. The van der Waals surface area contributed by atoms with Gasteiger partial charge in [0.2, 0.25) is 0 Å². The molecule has 17 heavy (non-hydrogen) atoms. The normalized spacial score (nSPS) is 16.5. The summed E-state index contributed by atoms with van der Waals surface area (Å²) in [4.78, 5) is 10.9. The summed E-state index contributed by atoms with van der Waals surface area (Å²) in [7, 11) is 0. The van der Waals surface area contributed by atoms with E-state index in [-0.39, 0.29) is 0 Å². The van der Waals surface area contributed by atoms with Crippen molar-refractivity contribution in [1.82, 2.24) is 14.9 Å². The van der Waals surface area contributed by atoms with Gasteiger partial charge in [0.1, 0.15) is 11.6 Å². The van der Waals surface area contributed by atoms with E-state index in [1.165, 1.54) is 25.7 Å². The highest BCUT2D eigenvalue weighted by Gasteiger charge is 2.22. The van der Waals surface area contributed by atoms with Gasteiger partial charge in [0.15, 0.2) is 0 Å². The zero-order valence-electron chi connectivity index (χ0n) is 10.2. The molecule has 1 aromatic heterocycles. The van der Waals surface area contributed by atoms with Crippen LogP contribution in [0.4, 0.5) is 5.82 Å². The Labute approximate surface area is 103 Å². The third-order valence-corrected chi connectivity index (χ3v) is 3.28. The minimum Gasteiger partial charge on any atom is -0.384 e. The largest absolute Gasteiger partial charge is 0.384 e. The molecule has 2 N–H and O–H groups in total. The van der Waals surface area contributed by atoms with Gasteiger partial charge in [-0.2, -0.15) is 0 Å². The average molecular weight is 232 g/mol. The summed E-state index contributed by atoms with van der Waals surface area (Å²) >= 11 is 0. The van der Waals surface area contributed by atoms with E-state index in [0.29, 0.717) is 11.9 Å². The number of nitrogen functional groups attached to an aromatic ring is 1. The van der Waals surface area contributed by atoms with Crippen LogP contribution in [-0.4, -0.2) is 27.5 Å². The van der Waals surface area contributed by atoms with Crippen LogP contribution in [0.2, 0.25) is 0 Å². The lowest BCUT2D eigenvalue weighted by molar-refractivity contribution is 0.206. The van der Waals surface area contributed by atoms with Crippen LogP contribution in [0.1, 0.15) is 31.5 Å². The number of hydrogen-bond donors (Lipinski definition) is 1. The van der Waals surface area contributed by atoms with Gasteiger partial charge < -0.3 is 5.73 Å². The summed E-state index contributed by atoms with van der Waals surface area (Å²) in [6.07, 6.45) is 8.88. The molecule has 1 saturated carbocycles. The van der Waals surface area contributed by atoms with Crippen molar-refractivity contribution in [3.8, 4) is 0 Å². The predicted molar refractivity (Wildman–Crippen MR) is 69.3 cm³/mol. The highest BCUT2D eigenvalue weighted by atomic mass is 15.2. The lowest BCUT2D eigenvalue weighted by atomic mass is 10.2. The van der Waals surface area contributed by atoms with Crippen LogP contribution in [0.25, 0.3) is 0 Å². The van der Waals surface area contributed by atoms with Crippen LogP contribution in [0, 0.1) is 0 Å². The lowest BCUT2D eigenvalue weighted by Crippen LogP contribution is -2.33. The molecule has 0 amide bonds. The second-order valence-corrected chi connectivity index (χ2v) is 4.55. The van der Waals surface area contributed by atoms with Crippen LogP contribution in [0.15, 0.2) is 24.9 Å². The molecule has 0 atom stereocenters. The summed E-state index contributed by atoms with van der Waals surface area (Å²) in [5, 5.41) is 0. The first-order valence-corrected chi connectivity index (χ1v) is 6.22. The molecule has 1 heterocycles. The Hall–Kier alpha value is -1.42. The lowest BCUT2D eigenvalue weighted by Gasteiger charge is -2.26. The number of nitrogens with zero attached hydrogens (tertiary/aromatic N) is 3. The van der Waals surface area contributed by atoms with E-state index < -0.39 is 0 Å². The number of hydrogen-bond acceptors (Lipinski definition) is 4. The van der Waals surface area contributed by atoms with E-state index in [0.717, 1.165) is 18.9 Å². The monoisotopic (exact) mass is 232 g/mol. The zero-order valence-corrected chi connectivity index (χ0v) is 10.2. The fourth-order valence-electron chi connectivity index (χ4n) is 2.45. The van der Waals surface area contributed by atoms with E-state index in [4.69, 9.17) is 5.73 Å². The summed E-state index contributed by atoms with van der Waals surface area (Å²) in [5.41, 5.74) is 5.67. The summed E-state index contributed by atoms with van der Waals surface area (Å²) in [6.45, 7) is 5.48. The predicted octanol–water partition coefficient (Wildman–Crippen LogP) is 1.99. The molecule has 1 fully saturated rings. The summed E-state index contributed by atoms with van der Waals surface area (Å²) < 4.78 is 0. The Balaban J connectivity index is 2.03. The van der Waals surface area contributed by atoms with Crippen LogP contribution >= 0.6 is 0 Å². The molecule has 1 aliphatic rings. The van der Waals surface area contributed by atoms with Crippen molar-refractivity contribution < 1.29 is 0 Å². The molecule has 0 saturated heterocycles. The zero-order chi connectivity index (χ0) is 12.1. The fourth-order valence-corrected chi connectivity index (χ4v) is 2.45. The fraction of sp³-hybridized carbons (Fsp3) is 0.538. The number of nitrogens with two attached hydrogens (primary N) is 1. The second-order valence-electron chi connectivity index (χ2n) is 4.55. The van der Waals surface area contributed by atoms with Gasteiger partial charge in [0.05, 0.1) is 6.54 Å². The van der Waals surface area contributed by atoms with Crippen LogP contribution < -0.4 is 5.73 Å². The van der Waals surface area contributed by atoms with Gasteiger partial charge in [0, 0.05) is 18.8 Å². The molecule has 92 valence electrons. The third-order valence-electron chi connectivity index (χ3n) is 3.28. The molecule has 0 bridgehead atoms. The maximum Gasteiger partial charge on any atom is 0.144 e. The van der Waals surface area contributed by atoms with E-state index in [1.54, 1.807) is 12.3 Å². The van der Waals surface area contributed by atoms with Gasteiger partial charge in [-0.1, -0.05) is 18.9 Å². The first-order chi connectivity index (χ1) is 8.29. The first-order valence-electron chi connectivity index (χ1n) is 6.22. The number of anilines is 1. The van der Waals surface area contributed by atoms with Crippen molar-refractivity contribution in [3.05, 3.63) is 30.7 Å². The van der Waals surface area contributed by atoms with E-state index in [1.807, 2.05) is 6.08 Å². The smallest absolute Gasteiger partial charge is 0.144 e. The van der Waals surface area contributed by atoms with Crippen LogP contribution in [-0.2, 0) is 6.54 Å². The quantitative estimate of drug-likeness (QED) is 0.789. The molecule has 0 spiro atoms. The second kappa shape index (κ2) is 5.77. The van der Waals surface area contributed by atoms with E-state index in [9.17, 15) is 0 Å². The first kappa shape index (κ1) is 12.0. The SMILES string of the molecule is C=CCN(Cc1nccc(N)n1)C1CCCC1. The molecule has 2 rings (SSSR count). The highest BCUT2D eigenvalue weighted by Crippen LogP contribution is 2.24. The molecule has 0 radical (unpaired) electrons.